The number of rotatable bonds is 3. The third-order valence-electron chi connectivity index (χ3n) is 3.80. The van der Waals surface area contributed by atoms with E-state index in [1.165, 1.54) is 6.92 Å². The van der Waals surface area contributed by atoms with Gasteiger partial charge in [0.1, 0.15) is 11.9 Å². The number of hydrogen-bond acceptors (Lipinski definition) is 3. The van der Waals surface area contributed by atoms with Crippen LogP contribution in [0.1, 0.15) is 47.5 Å². The number of carbonyl (C=O) groups is 2. The summed E-state index contributed by atoms with van der Waals surface area (Å²) < 4.78 is 5.26. The average Bonchev–Trinajstić information content (AvgIpc) is 2.14. The number of ether oxygens (including phenoxy) is 1. The second-order valence-electron chi connectivity index (χ2n) is 5.31. The van der Waals surface area contributed by atoms with Crippen molar-refractivity contribution in [1.29, 1.82) is 0 Å². The smallest absolute Gasteiger partial charge is 0.303 e. The van der Waals surface area contributed by atoms with E-state index in [9.17, 15) is 9.59 Å². The van der Waals surface area contributed by atoms with Gasteiger partial charge in [0.05, 0.1) is 0 Å². The van der Waals surface area contributed by atoms with E-state index in [2.05, 4.69) is 13.8 Å². The molecule has 0 N–H and O–H groups in total. The highest BCUT2D eigenvalue weighted by Gasteiger charge is 2.42. The molecule has 0 fully saturated rings. The van der Waals surface area contributed by atoms with E-state index >= 15 is 0 Å². The minimum atomic E-state index is -0.265. The summed E-state index contributed by atoms with van der Waals surface area (Å²) >= 11 is 0. The first kappa shape index (κ1) is 13.9. The molecule has 0 amide bonds. The SMILES string of the molecule is CCC1(C)CC(OC(C)=O)C=C(C)C1C(C)=O. The number of Topliss-reactive ketones (excluding diaryl/α,β-unsaturated/α-hetero) is 1. The third-order valence-corrected chi connectivity index (χ3v) is 3.80. The van der Waals surface area contributed by atoms with Crippen molar-refractivity contribution in [2.45, 2.75) is 53.6 Å². The molecular weight excluding hydrogens is 216 g/mol. The molecule has 3 nitrogen and oxygen atoms in total. The second kappa shape index (κ2) is 5.03. The summed E-state index contributed by atoms with van der Waals surface area (Å²) in [6.07, 6.45) is 3.36. The summed E-state index contributed by atoms with van der Waals surface area (Å²) in [6, 6.07) is 0. The van der Waals surface area contributed by atoms with Crippen LogP contribution >= 0.6 is 0 Å². The van der Waals surface area contributed by atoms with Gasteiger partial charge in [-0.15, -0.1) is 0 Å². The first-order valence-corrected chi connectivity index (χ1v) is 6.16. The monoisotopic (exact) mass is 238 g/mol. The van der Waals surface area contributed by atoms with E-state index in [4.69, 9.17) is 4.74 Å². The standard InChI is InChI=1S/C14H22O3/c1-6-14(5)8-12(17-11(4)16)7-9(2)13(14)10(3)15/h7,12-13H,6,8H2,1-5H3. The van der Waals surface area contributed by atoms with Crippen LogP contribution in [0.4, 0.5) is 0 Å². The molecule has 0 aromatic rings. The number of ketones is 1. The quantitative estimate of drug-likeness (QED) is 0.561. The zero-order valence-corrected chi connectivity index (χ0v) is 11.4. The van der Waals surface area contributed by atoms with Crippen molar-refractivity contribution in [2.75, 3.05) is 0 Å². The van der Waals surface area contributed by atoms with Crippen LogP contribution in [0.15, 0.2) is 11.6 Å². The fraction of sp³-hybridized carbons (Fsp3) is 0.714. The molecule has 0 saturated heterocycles. The Morgan fingerprint density at radius 1 is 1.47 bits per heavy atom. The summed E-state index contributed by atoms with van der Waals surface area (Å²) in [5, 5.41) is 0. The van der Waals surface area contributed by atoms with E-state index in [0.29, 0.717) is 0 Å². The van der Waals surface area contributed by atoms with Crippen LogP contribution < -0.4 is 0 Å². The topological polar surface area (TPSA) is 43.4 Å². The zero-order chi connectivity index (χ0) is 13.2. The van der Waals surface area contributed by atoms with E-state index in [1.54, 1.807) is 6.92 Å². The van der Waals surface area contributed by atoms with E-state index < -0.39 is 0 Å². The van der Waals surface area contributed by atoms with Crippen molar-refractivity contribution >= 4 is 11.8 Å². The Labute approximate surface area is 103 Å². The molecule has 3 unspecified atom stereocenters. The molecule has 17 heavy (non-hydrogen) atoms. The number of carbonyl (C=O) groups excluding carboxylic acids is 2. The molecule has 96 valence electrons. The summed E-state index contributed by atoms with van der Waals surface area (Å²) in [7, 11) is 0. The summed E-state index contributed by atoms with van der Waals surface area (Å²) in [5.41, 5.74) is 0.921. The number of allylic oxidation sites excluding steroid dienone is 1. The fourth-order valence-corrected chi connectivity index (χ4v) is 3.02. The largest absolute Gasteiger partial charge is 0.458 e. The normalized spacial score (nSPS) is 32.9. The van der Waals surface area contributed by atoms with Crippen molar-refractivity contribution in [3.05, 3.63) is 11.6 Å². The van der Waals surface area contributed by atoms with Crippen molar-refractivity contribution in [3.8, 4) is 0 Å². The van der Waals surface area contributed by atoms with Crippen LogP contribution in [0.5, 0.6) is 0 Å². The van der Waals surface area contributed by atoms with Crippen molar-refractivity contribution in [1.82, 2.24) is 0 Å². The van der Waals surface area contributed by atoms with E-state index in [-0.39, 0.29) is 29.2 Å². The maximum Gasteiger partial charge on any atom is 0.303 e. The van der Waals surface area contributed by atoms with Crippen molar-refractivity contribution in [2.24, 2.45) is 11.3 Å². The van der Waals surface area contributed by atoms with Crippen LogP contribution in [0.2, 0.25) is 0 Å². The molecule has 0 aromatic heterocycles. The Bertz CT molecular complexity index is 356. The minimum Gasteiger partial charge on any atom is -0.458 e. The van der Waals surface area contributed by atoms with E-state index in [0.717, 1.165) is 18.4 Å². The molecular formula is C14H22O3. The predicted octanol–water partition coefficient (Wildman–Crippen LogP) is 2.89. The molecule has 0 saturated carbocycles. The lowest BCUT2D eigenvalue weighted by Gasteiger charge is -2.42. The zero-order valence-electron chi connectivity index (χ0n) is 11.4. The van der Waals surface area contributed by atoms with E-state index in [1.807, 2.05) is 13.0 Å². The Morgan fingerprint density at radius 3 is 2.47 bits per heavy atom. The van der Waals surface area contributed by atoms with Crippen molar-refractivity contribution < 1.29 is 14.3 Å². The minimum absolute atomic E-state index is 0.0423. The van der Waals surface area contributed by atoms with Gasteiger partial charge >= 0.3 is 5.97 Å². The molecule has 0 heterocycles. The fourth-order valence-electron chi connectivity index (χ4n) is 3.02. The Hall–Kier alpha value is -1.12. The summed E-state index contributed by atoms with van der Waals surface area (Å²) in [4.78, 5) is 22.8. The molecule has 0 aromatic carbocycles. The van der Waals surface area contributed by atoms with Crippen LogP contribution in [0, 0.1) is 11.3 Å². The third kappa shape index (κ3) is 2.96. The molecule has 3 heteroatoms. The van der Waals surface area contributed by atoms with Gasteiger partial charge in [-0.1, -0.05) is 19.4 Å². The molecule has 0 bridgehead atoms. The highest BCUT2D eigenvalue weighted by molar-refractivity contribution is 5.82. The molecule has 0 radical (unpaired) electrons. The molecule has 3 atom stereocenters. The molecule has 0 spiro atoms. The van der Waals surface area contributed by atoms with Gasteiger partial charge in [0.2, 0.25) is 0 Å². The highest BCUT2D eigenvalue weighted by atomic mass is 16.5. The van der Waals surface area contributed by atoms with Gasteiger partial charge in [-0.05, 0) is 38.2 Å². The van der Waals surface area contributed by atoms with Crippen LogP contribution in [0.25, 0.3) is 0 Å². The predicted molar refractivity (Wildman–Crippen MR) is 66.5 cm³/mol. The Kier molecular flexibility index (Phi) is 4.12. The lowest BCUT2D eigenvalue weighted by atomic mass is 9.64. The lowest BCUT2D eigenvalue weighted by Crippen LogP contribution is -2.40. The van der Waals surface area contributed by atoms with Gasteiger partial charge in [0.25, 0.3) is 0 Å². The lowest BCUT2D eigenvalue weighted by molar-refractivity contribution is -0.146. The van der Waals surface area contributed by atoms with Gasteiger partial charge in [-0.25, -0.2) is 0 Å². The molecule has 1 rings (SSSR count). The summed E-state index contributed by atoms with van der Waals surface area (Å²) in [6.45, 7) is 9.20. The van der Waals surface area contributed by atoms with Crippen molar-refractivity contribution in [3.63, 3.8) is 0 Å². The second-order valence-corrected chi connectivity index (χ2v) is 5.31. The maximum absolute atomic E-state index is 11.8. The summed E-state index contributed by atoms with van der Waals surface area (Å²) in [5.74, 6) is -0.109. The Balaban J connectivity index is 3.03. The maximum atomic E-state index is 11.8. The Morgan fingerprint density at radius 2 is 2.06 bits per heavy atom. The average molecular weight is 238 g/mol. The van der Waals surface area contributed by atoms with Gasteiger partial charge in [0.15, 0.2) is 0 Å². The first-order valence-electron chi connectivity index (χ1n) is 6.16. The van der Waals surface area contributed by atoms with Gasteiger partial charge < -0.3 is 4.74 Å². The van der Waals surface area contributed by atoms with Gasteiger partial charge in [-0.2, -0.15) is 0 Å². The molecule has 1 aliphatic rings. The number of esters is 1. The van der Waals surface area contributed by atoms with Gasteiger partial charge in [-0.3, -0.25) is 9.59 Å². The molecule has 0 aliphatic heterocycles. The van der Waals surface area contributed by atoms with Crippen LogP contribution in [-0.4, -0.2) is 17.9 Å². The van der Waals surface area contributed by atoms with Crippen LogP contribution in [0.3, 0.4) is 0 Å². The highest BCUT2D eigenvalue weighted by Crippen LogP contribution is 2.44. The van der Waals surface area contributed by atoms with Gasteiger partial charge in [0, 0.05) is 12.8 Å². The molecule has 1 aliphatic carbocycles. The number of hydrogen-bond donors (Lipinski definition) is 0. The van der Waals surface area contributed by atoms with Crippen LogP contribution in [-0.2, 0) is 14.3 Å². The first-order chi connectivity index (χ1) is 7.80.